The molecule has 0 radical (unpaired) electrons. The van der Waals surface area contributed by atoms with Crippen molar-refractivity contribution in [1.29, 1.82) is 0 Å². The van der Waals surface area contributed by atoms with Crippen LogP contribution in [0.25, 0.3) is 0 Å². The van der Waals surface area contributed by atoms with Crippen LogP contribution >= 0.6 is 0 Å². The van der Waals surface area contributed by atoms with Gasteiger partial charge in [0.25, 0.3) is 5.91 Å². The van der Waals surface area contributed by atoms with E-state index in [4.69, 9.17) is 0 Å². The minimum Gasteiger partial charge on any atom is -0.382 e. The zero-order chi connectivity index (χ0) is 14.8. The number of amides is 1. The van der Waals surface area contributed by atoms with Crippen molar-refractivity contribution in [1.82, 2.24) is 5.32 Å². The summed E-state index contributed by atoms with van der Waals surface area (Å²) in [4.78, 5) is 11.8. The van der Waals surface area contributed by atoms with Crippen molar-refractivity contribution in [2.45, 2.75) is 53.0 Å². The summed E-state index contributed by atoms with van der Waals surface area (Å²) in [5, 5.41) is 6.50. The van der Waals surface area contributed by atoms with Crippen LogP contribution in [0.15, 0.2) is 18.2 Å². The first-order valence-corrected chi connectivity index (χ1v) is 7.59. The summed E-state index contributed by atoms with van der Waals surface area (Å²) >= 11 is 0. The van der Waals surface area contributed by atoms with Crippen LogP contribution in [0, 0.1) is 12.3 Å². The Kier molecular flexibility index (Phi) is 4.36. The van der Waals surface area contributed by atoms with Crippen LogP contribution in [0.4, 0.5) is 5.69 Å². The average Bonchev–Trinajstić information content (AvgIpc) is 2.71. The largest absolute Gasteiger partial charge is 0.382 e. The lowest BCUT2D eigenvalue weighted by Gasteiger charge is -2.29. The van der Waals surface area contributed by atoms with Crippen LogP contribution in [-0.2, 0) is 0 Å². The van der Waals surface area contributed by atoms with Gasteiger partial charge in [0, 0.05) is 23.8 Å². The molecular formula is C17H26N2O. The highest BCUT2D eigenvalue weighted by molar-refractivity contribution is 5.94. The van der Waals surface area contributed by atoms with Gasteiger partial charge < -0.3 is 10.6 Å². The molecule has 110 valence electrons. The van der Waals surface area contributed by atoms with E-state index in [2.05, 4.69) is 31.4 Å². The third-order valence-corrected chi connectivity index (χ3v) is 4.41. The van der Waals surface area contributed by atoms with Gasteiger partial charge in [-0.05, 0) is 55.9 Å². The summed E-state index contributed by atoms with van der Waals surface area (Å²) in [6, 6.07) is 6.43. The fourth-order valence-corrected chi connectivity index (χ4v) is 3.01. The first-order chi connectivity index (χ1) is 9.44. The highest BCUT2D eigenvalue weighted by atomic mass is 16.1. The highest BCUT2D eigenvalue weighted by Gasteiger charge is 2.34. The molecule has 20 heavy (non-hydrogen) atoms. The SMILES string of the molecule is CCNC(=O)c1ccc(NC2CCCC2(C)C)c(C)c1. The Balaban J connectivity index is 2.12. The van der Waals surface area contributed by atoms with E-state index in [9.17, 15) is 4.79 Å². The summed E-state index contributed by atoms with van der Waals surface area (Å²) < 4.78 is 0. The quantitative estimate of drug-likeness (QED) is 0.878. The van der Waals surface area contributed by atoms with E-state index < -0.39 is 0 Å². The number of nitrogens with one attached hydrogen (secondary N) is 2. The van der Waals surface area contributed by atoms with Gasteiger partial charge in [-0.2, -0.15) is 0 Å². The number of carbonyl (C=O) groups is 1. The van der Waals surface area contributed by atoms with Crippen LogP contribution in [0.2, 0.25) is 0 Å². The second-order valence-corrected chi connectivity index (χ2v) is 6.47. The molecule has 1 aromatic carbocycles. The van der Waals surface area contributed by atoms with E-state index in [0.29, 0.717) is 18.0 Å². The molecule has 0 aliphatic heterocycles. The van der Waals surface area contributed by atoms with Crippen LogP contribution in [0.1, 0.15) is 56.0 Å². The second kappa shape index (κ2) is 5.86. The molecule has 3 nitrogen and oxygen atoms in total. The molecule has 2 rings (SSSR count). The topological polar surface area (TPSA) is 41.1 Å². The van der Waals surface area contributed by atoms with Gasteiger partial charge in [-0.3, -0.25) is 4.79 Å². The predicted molar refractivity (Wildman–Crippen MR) is 84.2 cm³/mol. The predicted octanol–water partition coefficient (Wildman–Crippen LogP) is 3.74. The molecule has 2 N–H and O–H groups in total. The number of hydrogen-bond donors (Lipinski definition) is 2. The summed E-state index contributed by atoms with van der Waals surface area (Å²) in [5.41, 5.74) is 3.38. The van der Waals surface area contributed by atoms with Gasteiger partial charge in [0.05, 0.1) is 0 Å². The lowest BCUT2D eigenvalue weighted by Crippen LogP contribution is -2.31. The molecule has 1 aliphatic rings. The molecule has 1 fully saturated rings. The van der Waals surface area contributed by atoms with Crippen molar-refractivity contribution in [2.75, 3.05) is 11.9 Å². The van der Waals surface area contributed by atoms with Gasteiger partial charge in [0.2, 0.25) is 0 Å². The Bertz CT molecular complexity index is 494. The van der Waals surface area contributed by atoms with E-state index in [1.165, 1.54) is 19.3 Å². The van der Waals surface area contributed by atoms with E-state index in [1.807, 2.05) is 25.1 Å². The van der Waals surface area contributed by atoms with Gasteiger partial charge in [0.1, 0.15) is 0 Å². The molecule has 1 saturated carbocycles. The number of hydrogen-bond acceptors (Lipinski definition) is 2. The van der Waals surface area contributed by atoms with Crippen LogP contribution in [-0.4, -0.2) is 18.5 Å². The molecular weight excluding hydrogens is 248 g/mol. The zero-order valence-electron chi connectivity index (χ0n) is 13.0. The Hall–Kier alpha value is -1.51. The maximum absolute atomic E-state index is 11.8. The number of anilines is 1. The highest BCUT2D eigenvalue weighted by Crippen LogP contribution is 2.39. The third kappa shape index (κ3) is 3.14. The molecule has 1 aliphatic carbocycles. The first-order valence-electron chi connectivity index (χ1n) is 7.59. The van der Waals surface area contributed by atoms with Gasteiger partial charge in [-0.15, -0.1) is 0 Å². The fourth-order valence-electron chi connectivity index (χ4n) is 3.01. The molecule has 0 spiro atoms. The van der Waals surface area contributed by atoms with E-state index >= 15 is 0 Å². The normalized spacial score (nSPS) is 20.7. The van der Waals surface area contributed by atoms with E-state index in [-0.39, 0.29) is 5.91 Å². The monoisotopic (exact) mass is 274 g/mol. The molecule has 0 bridgehead atoms. The van der Waals surface area contributed by atoms with E-state index in [0.717, 1.165) is 16.8 Å². The molecule has 0 saturated heterocycles. The minimum absolute atomic E-state index is 0.00310. The molecule has 0 aromatic heterocycles. The maximum Gasteiger partial charge on any atom is 0.251 e. The molecule has 1 aromatic rings. The third-order valence-electron chi connectivity index (χ3n) is 4.41. The first kappa shape index (κ1) is 14.9. The van der Waals surface area contributed by atoms with E-state index in [1.54, 1.807) is 0 Å². The van der Waals surface area contributed by atoms with Gasteiger partial charge >= 0.3 is 0 Å². The summed E-state index contributed by atoms with van der Waals surface area (Å²) in [6.45, 7) is 9.32. The van der Waals surface area contributed by atoms with Crippen LogP contribution in [0.3, 0.4) is 0 Å². The molecule has 1 atom stereocenters. The summed E-state index contributed by atoms with van der Waals surface area (Å²) in [6.07, 6.45) is 3.80. The minimum atomic E-state index is 0.00310. The Morgan fingerprint density at radius 3 is 2.70 bits per heavy atom. The number of rotatable bonds is 4. The van der Waals surface area contributed by atoms with Crippen molar-refractivity contribution < 1.29 is 4.79 Å². The van der Waals surface area contributed by atoms with Crippen molar-refractivity contribution in [3.05, 3.63) is 29.3 Å². The Labute approximate surface area is 122 Å². The van der Waals surface area contributed by atoms with Crippen LogP contribution in [0.5, 0.6) is 0 Å². The van der Waals surface area contributed by atoms with Crippen molar-refractivity contribution in [2.24, 2.45) is 5.41 Å². The van der Waals surface area contributed by atoms with Crippen molar-refractivity contribution >= 4 is 11.6 Å². The Morgan fingerprint density at radius 1 is 1.40 bits per heavy atom. The molecule has 1 unspecified atom stereocenters. The van der Waals surface area contributed by atoms with Gasteiger partial charge in [-0.25, -0.2) is 0 Å². The summed E-state index contributed by atoms with van der Waals surface area (Å²) in [7, 11) is 0. The zero-order valence-corrected chi connectivity index (χ0v) is 13.0. The van der Waals surface area contributed by atoms with Gasteiger partial charge in [-0.1, -0.05) is 20.3 Å². The molecule has 0 heterocycles. The number of aryl methyl sites for hydroxylation is 1. The smallest absolute Gasteiger partial charge is 0.251 e. The standard InChI is InChI=1S/C17H26N2O/c1-5-18-16(20)13-8-9-14(12(2)11-13)19-15-7-6-10-17(15,3)4/h8-9,11,15,19H,5-7,10H2,1-4H3,(H,18,20). The van der Waals surface area contributed by atoms with Crippen molar-refractivity contribution in [3.63, 3.8) is 0 Å². The summed E-state index contributed by atoms with van der Waals surface area (Å²) in [5.74, 6) is 0.00310. The number of carbonyl (C=O) groups excluding carboxylic acids is 1. The van der Waals surface area contributed by atoms with Crippen molar-refractivity contribution in [3.8, 4) is 0 Å². The van der Waals surface area contributed by atoms with Gasteiger partial charge in [0.15, 0.2) is 0 Å². The lowest BCUT2D eigenvalue weighted by atomic mass is 9.87. The molecule has 3 heteroatoms. The lowest BCUT2D eigenvalue weighted by molar-refractivity contribution is 0.0956. The Morgan fingerprint density at radius 2 is 2.15 bits per heavy atom. The second-order valence-electron chi connectivity index (χ2n) is 6.47. The fraction of sp³-hybridized carbons (Fsp3) is 0.588. The average molecular weight is 274 g/mol. The maximum atomic E-state index is 11.8. The van der Waals surface area contributed by atoms with Crippen LogP contribution < -0.4 is 10.6 Å². The number of benzene rings is 1. The molecule has 1 amide bonds.